The van der Waals surface area contributed by atoms with Gasteiger partial charge >= 0.3 is 0 Å². The van der Waals surface area contributed by atoms with Gasteiger partial charge in [-0.1, -0.05) is 21.9 Å². The number of rotatable bonds is 3. The topological polar surface area (TPSA) is 17.1 Å². The highest BCUT2D eigenvalue weighted by Crippen LogP contribution is 2.44. The van der Waals surface area contributed by atoms with E-state index in [0.717, 1.165) is 17.3 Å². The molecule has 1 aliphatic carbocycles. The van der Waals surface area contributed by atoms with E-state index in [0.29, 0.717) is 5.56 Å². The fraction of sp³-hybridized carbons (Fsp3) is 0.471. The third kappa shape index (κ3) is 3.93. The molecule has 1 atom stereocenters. The lowest BCUT2D eigenvalue weighted by Crippen LogP contribution is -2.15. The number of hydrogen-bond donors (Lipinski definition) is 0. The first kappa shape index (κ1) is 15.3. The van der Waals surface area contributed by atoms with Crippen molar-refractivity contribution in [3.05, 3.63) is 34.1 Å². The molecule has 1 nitrogen and oxygen atoms in total. The summed E-state index contributed by atoms with van der Waals surface area (Å²) in [5.74, 6) is 4.99. The molecule has 106 valence electrons. The van der Waals surface area contributed by atoms with Gasteiger partial charge < -0.3 is 0 Å². The van der Waals surface area contributed by atoms with Crippen LogP contribution >= 0.6 is 15.9 Å². The Kier molecular flexibility index (Phi) is 4.34. The molecule has 1 saturated carbocycles. The molecule has 0 spiro atoms. The predicted octanol–water partition coefficient (Wildman–Crippen LogP) is 4.70. The summed E-state index contributed by atoms with van der Waals surface area (Å²) in [6, 6.07) is 4.75. The summed E-state index contributed by atoms with van der Waals surface area (Å²) in [5.41, 5.74) is 0.245. The zero-order valence-corrected chi connectivity index (χ0v) is 13.6. The summed E-state index contributed by atoms with van der Waals surface area (Å²) in [5, 5.41) is 0. The molecular weight excluding hydrogens is 319 g/mol. The van der Waals surface area contributed by atoms with Crippen LogP contribution < -0.4 is 0 Å². The van der Waals surface area contributed by atoms with E-state index < -0.39 is 5.92 Å². The van der Waals surface area contributed by atoms with Crippen LogP contribution in [0.4, 0.5) is 4.39 Å². The van der Waals surface area contributed by atoms with Gasteiger partial charge in [0.15, 0.2) is 0 Å². The summed E-state index contributed by atoms with van der Waals surface area (Å²) < 4.78 is 14.8. The summed E-state index contributed by atoms with van der Waals surface area (Å²) in [6.07, 6.45) is 1.94. The fourth-order valence-corrected chi connectivity index (χ4v) is 2.50. The van der Waals surface area contributed by atoms with Gasteiger partial charge in [0.25, 0.3) is 0 Å². The third-order valence-electron chi connectivity index (χ3n) is 3.23. The van der Waals surface area contributed by atoms with Crippen molar-refractivity contribution in [2.45, 2.75) is 39.5 Å². The maximum absolute atomic E-state index is 14.0. The Hall–Kier alpha value is -1.14. The van der Waals surface area contributed by atoms with Gasteiger partial charge in [-0.25, -0.2) is 4.39 Å². The lowest BCUT2D eigenvalue weighted by atomic mass is 9.88. The molecule has 1 aliphatic rings. The second kappa shape index (κ2) is 5.69. The van der Waals surface area contributed by atoms with E-state index in [1.54, 1.807) is 12.1 Å². The van der Waals surface area contributed by atoms with Gasteiger partial charge in [0.05, 0.1) is 5.92 Å². The minimum Gasteiger partial charge on any atom is -0.284 e. The molecule has 0 radical (unpaired) electrons. The minimum absolute atomic E-state index is 0.167. The van der Waals surface area contributed by atoms with Crippen molar-refractivity contribution in [1.29, 1.82) is 0 Å². The Balaban J connectivity index is 2.34. The maximum Gasteiger partial charge on any atom is 0.213 e. The van der Waals surface area contributed by atoms with Gasteiger partial charge in [-0.05, 0) is 63.7 Å². The smallest absolute Gasteiger partial charge is 0.213 e. The van der Waals surface area contributed by atoms with Crippen LogP contribution in [0.25, 0.3) is 0 Å². The minimum atomic E-state index is -0.428. The van der Waals surface area contributed by atoms with E-state index in [1.807, 2.05) is 20.8 Å². The molecule has 1 aromatic rings. The average Bonchev–Trinajstić information content (AvgIpc) is 3.15. The molecule has 0 bridgehead atoms. The predicted molar refractivity (Wildman–Crippen MR) is 81.8 cm³/mol. The van der Waals surface area contributed by atoms with E-state index in [1.165, 1.54) is 6.07 Å². The molecule has 3 heteroatoms. The van der Waals surface area contributed by atoms with Crippen LogP contribution in [0.15, 0.2) is 22.7 Å². The average molecular weight is 337 g/mol. The number of carbonyl (C=O) groups is 1. The molecular formula is C17H18BrFO. The highest BCUT2D eigenvalue weighted by atomic mass is 79.9. The quantitative estimate of drug-likeness (QED) is 0.577. The molecule has 0 amide bonds. The molecule has 0 aliphatic heterocycles. The molecule has 0 heterocycles. The number of benzene rings is 1. The van der Waals surface area contributed by atoms with E-state index >= 15 is 0 Å². The van der Waals surface area contributed by atoms with Gasteiger partial charge in [0, 0.05) is 15.5 Å². The van der Waals surface area contributed by atoms with E-state index in [2.05, 4.69) is 27.8 Å². The summed E-state index contributed by atoms with van der Waals surface area (Å²) in [6.45, 7) is 5.87. The van der Waals surface area contributed by atoms with Gasteiger partial charge in [-0.15, -0.1) is 0 Å². The SMILES string of the molecule is CC(C)(C)C#CC(=O)C(c1cc(Br)ccc1F)C1CC1. The second-order valence-corrected chi connectivity index (χ2v) is 7.26. The Labute approximate surface area is 128 Å². The Morgan fingerprint density at radius 3 is 2.60 bits per heavy atom. The van der Waals surface area contributed by atoms with Crippen molar-refractivity contribution in [2.24, 2.45) is 11.3 Å². The van der Waals surface area contributed by atoms with Crippen molar-refractivity contribution >= 4 is 21.7 Å². The number of hydrogen-bond acceptors (Lipinski definition) is 1. The Bertz CT molecular complexity index is 585. The number of carbonyl (C=O) groups excluding carboxylic acids is 1. The van der Waals surface area contributed by atoms with Crippen LogP contribution in [0, 0.1) is 29.0 Å². The number of ketones is 1. The van der Waals surface area contributed by atoms with Crippen LogP contribution in [0.1, 0.15) is 45.1 Å². The molecule has 2 rings (SSSR count). The molecule has 0 saturated heterocycles. The molecule has 1 aromatic carbocycles. The Morgan fingerprint density at radius 2 is 2.05 bits per heavy atom. The van der Waals surface area contributed by atoms with Gasteiger partial charge in [-0.2, -0.15) is 0 Å². The fourth-order valence-electron chi connectivity index (χ4n) is 2.12. The zero-order chi connectivity index (χ0) is 14.9. The maximum atomic E-state index is 14.0. The first-order valence-corrected chi connectivity index (χ1v) is 7.59. The normalized spacial score (nSPS) is 16.2. The lowest BCUT2D eigenvalue weighted by molar-refractivity contribution is -0.115. The van der Waals surface area contributed by atoms with Gasteiger partial charge in [0.1, 0.15) is 5.82 Å². The lowest BCUT2D eigenvalue weighted by Gasteiger charge is -2.14. The first-order chi connectivity index (χ1) is 9.28. The van der Waals surface area contributed by atoms with Crippen molar-refractivity contribution in [3.8, 4) is 11.8 Å². The summed E-state index contributed by atoms with van der Waals surface area (Å²) in [7, 11) is 0. The summed E-state index contributed by atoms with van der Waals surface area (Å²) in [4.78, 5) is 12.4. The molecule has 0 aromatic heterocycles. The van der Waals surface area contributed by atoms with Crippen LogP contribution in [0.3, 0.4) is 0 Å². The first-order valence-electron chi connectivity index (χ1n) is 6.80. The monoisotopic (exact) mass is 336 g/mol. The van der Waals surface area contributed by atoms with E-state index in [4.69, 9.17) is 0 Å². The molecule has 1 unspecified atom stereocenters. The highest BCUT2D eigenvalue weighted by Gasteiger charge is 2.38. The van der Waals surface area contributed by atoms with E-state index in [-0.39, 0.29) is 22.9 Å². The van der Waals surface area contributed by atoms with Crippen molar-refractivity contribution in [2.75, 3.05) is 0 Å². The van der Waals surface area contributed by atoms with Crippen LogP contribution in [0.2, 0.25) is 0 Å². The standard InChI is InChI=1S/C17H18BrFO/c1-17(2,3)9-8-15(20)16(11-4-5-11)13-10-12(18)6-7-14(13)19/h6-7,10-11,16H,4-5H2,1-3H3. The number of halogens is 2. The van der Waals surface area contributed by atoms with Crippen LogP contribution in [0.5, 0.6) is 0 Å². The zero-order valence-electron chi connectivity index (χ0n) is 12.0. The third-order valence-corrected chi connectivity index (χ3v) is 3.72. The molecule has 20 heavy (non-hydrogen) atoms. The van der Waals surface area contributed by atoms with Gasteiger partial charge in [0.2, 0.25) is 5.78 Å². The van der Waals surface area contributed by atoms with Crippen molar-refractivity contribution in [3.63, 3.8) is 0 Å². The molecule has 1 fully saturated rings. The van der Waals surface area contributed by atoms with Gasteiger partial charge in [-0.3, -0.25) is 4.79 Å². The highest BCUT2D eigenvalue weighted by molar-refractivity contribution is 9.10. The van der Waals surface area contributed by atoms with Crippen LogP contribution in [-0.2, 0) is 4.79 Å². The van der Waals surface area contributed by atoms with Crippen molar-refractivity contribution in [1.82, 2.24) is 0 Å². The molecule has 0 N–H and O–H groups in total. The summed E-state index contributed by atoms with van der Waals surface area (Å²) >= 11 is 3.34. The Morgan fingerprint density at radius 1 is 1.40 bits per heavy atom. The van der Waals surface area contributed by atoms with Crippen molar-refractivity contribution < 1.29 is 9.18 Å². The largest absolute Gasteiger partial charge is 0.284 e. The number of Topliss-reactive ketones (excluding diaryl/α,β-unsaturated/α-hetero) is 1. The second-order valence-electron chi connectivity index (χ2n) is 6.35. The van der Waals surface area contributed by atoms with Crippen LogP contribution in [-0.4, -0.2) is 5.78 Å². The van der Waals surface area contributed by atoms with E-state index in [9.17, 15) is 9.18 Å².